The Morgan fingerprint density at radius 1 is 1.12 bits per heavy atom. The molecular formula is C17H21N5O2S2. The number of piperidine rings is 1. The SMILES string of the molecule is Cc1ccc(S(=O)(=O)N2CCC(c3nn4c(C)nnc4s3)CC2)c(C)c1. The van der Waals surface area contributed by atoms with Gasteiger partial charge >= 0.3 is 0 Å². The van der Waals surface area contributed by atoms with Gasteiger partial charge in [0.25, 0.3) is 0 Å². The normalized spacial score (nSPS) is 17.2. The van der Waals surface area contributed by atoms with E-state index < -0.39 is 10.0 Å². The van der Waals surface area contributed by atoms with Gasteiger partial charge in [-0.3, -0.25) is 0 Å². The lowest BCUT2D eigenvalue weighted by molar-refractivity contribution is 0.318. The minimum absolute atomic E-state index is 0.270. The highest BCUT2D eigenvalue weighted by Crippen LogP contribution is 2.33. The number of hydrogen-bond donors (Lipinski definition) is 0. The van der Waals surface area contributed by atoms with Crippen LogP contribution in [0.3, 0.4) is 0 Å². The van der Waals surface area contributed by atoms with E-state index >= 15 is 0 Å². The maximum absolute atomic E-state index is 13.0. The summed E-state index contributed by atoms with van der Waals surface area (Å²) in [6.07, 6.45) is 1.54. The van der Waals surface area contributed by atoms with E-state index in [9.17, 15) is 8.42 Å². The maximum atomic E-state index is 13.0. The summed E-state index contributed by atoms with van der Waals surface area (Å²) in [5, 5.41) is 13.7. The summed E-state index contributed by atoms with van der Waals surface area (Å²) < 4.78 is 29.4. The highest BCUT2D eigenvalue weighted by Gasteiger charge is 2.32. The minimum Gasteiger partial charge on any atom is -0.207 e. The number of sulfonamides is 1. The van der Waals surface area contributed by atoms with Crippen molar-refractivity contribution >= 4 is 26.3 Å². The van der Waals surface area contributed by atoms with Crippen molar-refractivity contribution in [2.24, 2.45) is 0 Å². The first-order valence-corrected chi connectivity index (χ1v) is 10.9. The van der Waals surface area contributed by atoms with Crippen molar-refractivity contribution < 1.29 is 8.42 Å². The van der Waals surface area contributed by atoms with E-state index in [-0.39, 0.29) is 5.92 Å². The second kappa shape index (κ2) is 6.40. The van der Waals surface area contributed by atoms with Crippen molar-refractivity contribution in [2.75, 3.05) is 13.1 Å². The fourth-order valence-corrected chi connectivity index (χ4v) is 6.19. The minimum atomic E-state index is -3.45. The molecule has 1 fully saturated rings. The molecule has 0 aliphatic carbocycles. The van der Waals surface area contributed by atoms with Gasteiger partial charge in [-0.2, -0.15) is 13.9 Å². The van der Waals surface area contributed by atoms with Gasteiger partial charge < -0.3 is 0 Å². The van der Waals surface area contributed by atoms with Gasteiger partial charge in [0.2, 0.25) is 15.0 Å². The molecule has 26 heavy (non-hydrogen) atoms. The lowest BCUT2D eigenvalue weighted by Crippen LogP contribution is -2.38. The average Bonchev–Trinajstić information content (AvgIpc) is 3.17. The third kappa shape index (κ3) is 2.93. The van der Waals surface area contributed by atoms with Crippen LogP contribution in [0.2, 0.25) is 0 Å². The van der Waals surface area contributed by atoms with Crippen LogP contribution in [0.5, 0.6) is 0 Å². The van der Waals surface area contributed by atoms with Crippen LogP contribution >= 0.6 is 11.3 Å². The first-order chi connectivity index (χ1) is 12.4. The zero-order chi connectivity index (χ0) is 18.5. The summed E-state index contributed by atoms with van der Waals surface area (Å²) in [4.78, 5) is 1.21. The Morgan fingerprint density at radius 2 is 1.85 bits per heavy atom. The molecule has 7 nitrogen and oxygen atoms in total. The molecule has 0 amide bonds. The molecule has 0 atom stereocenters. The summed E-state index contributed by atoms with van der Waals surface area (Å²) in [6.45, 7) is 6.73. The monoisotopic (exact) mass is 391 g/mol. The Balaban J connectivity index is 1.52. The summed E-state index contributed by atoms with van der Waals surface area (Å²) in [6, 6.07) is 5.49. The van der Waals surface area contributed by atoms with Gasteiger partial charge in [-0.15, -0.1) is 10.2 Å². The predicted octanol–water partition coefficient (Wildman–Crippen LogP) is 2.68. The highest BCUT2D eigenvalue weighted by molar-refractivity contribution is 7.89. The number of aryl methyl sites for hydroxylation is 3. The molecule has 0 bridgehead atoms. The number of nitrogens with zero attached hydrogens (tertiary/aromatic N) is 5. The molecule has 0 N–H and O–H groups in total. The molecule has 3 heterocycles. The van der Waals surface area contributed by atoms with Gasteiger partial charge in [0.05, 0.1) is 4.90 Å². The quantitative estimate of drug-likeness (QED) is 0.686. The van der Waals surface area contributed by atoms with Crippen LogP contribution in [0.25, 0.3) is 4.96 Å². The van der Waals surface area contributed by atoms with E-state index in [1.165, 1.54) is 0 Å². The molecule has 1 aliphatic heterocycles. The molecule has 0 unspecified atom stereocenters. The van der Waals surface area contributed by atoms with E-state index in [1.807, 2.05) is 32.9 Å². The summed E-state index contributed by atoms with van der Waals surface area (Å²) in [5.74, 6) is 1.05. The summed E-state index contributed by atoms with van der Waals surface area (Å²) in [5.41, 5.74) is 1.87. The standard InChI is InChI=1S/C17H21N5O2S2/c1-11-4-5-15(12(2)10-11)26(23,24)21-8-6-14(7-9-21)16-20-22-13(3)18-19-17(22)25-16/h4-5,10,14H,6-9H2,1-3H3. The number of aromatic nitrogens is 4. The molecule has 1 saturated heterocycles. The number of benzene rings is 1. The molecule has 0 saturated carbocycles. The summed E-state index contributed by atoms with van der Waals surface area (Å²) >= 11 is 1.54. The van der Waals surface area contributed by atoms with E-state index in [0.29, 0.717) is 18.0 Å². The molecule has 0 spiro atoms. The third-order valence-corrected chi connectivity index (χ3v) is 8.03. The average molecular weight is 392 g/mol. The Bertz CT molecular complexity index is 1060. The second-order valence-electron chi connectivity index (χ2n) is 6.83. The molecule has 4 rings (SSSR count). The molecular weight excluding hydrogens is 370 g/mol. The van der Waals surface area contributed by atoms with Gasteiger partial charge in [0.1, 0.15) is 5.01 Å². The van der Waals surface area contributed by atoms with Crippen LogP contribution in [0.1, 0.15) is 40.7 Å². The van der Waals surface area contributed by atoms with Crippen molar-refractivity contribution in [3.63, 3.8) is 0 Å². The van der Waals surface area contributed by atoms with Crippen LogP contribution in [-0.4, -0.2) is 45.6 Å². The molecule has 2 aromatic heterocycles. The summed E-state index contributed by atoms with van der Waals surface area (Å²) in [7, 11) is -3.45. The fourth-order valence-electron chi connectivity index (χ4n) is 3.47. The zero-order valence-electron chi connectivity index (χ0n) is 15.0. The van der Waals surface area contributed by atoms with Crippen LogP contribution < -0.4 is 0 Å². The second-order valence-corrected chi connectivity index (χ2v) is 9.72. The number of fused-ring (bicyclic) bond motifs is 1. The van der Waals surface area contributed by atoms with Gasteiger partial charge in [-0.25, -0.2) is 8.42 Å². The topological polar surface area (TPSA) is 80.5 Å². The van der Waals surface area contributed by atoms with Crippen molar-refractivity contribution in [1.29, 1.82) is 0 Å². The predicted molar refractivity (Wildman–Crippen MR) is 100 cm³/mol. The maximum Gasteiger partial charge on any atom is 0.243 e. The van der Waals surface area contributed by atoms with Crippen LogP contribution in [-0.2, 0) is 10.0 Å². The van der Waals surface area contributed by atoms with E-state index in [4.69, 9.17) is 0 Å². The Kier molecular flexibility index (Phi) is 4.32. The van der Waals surface area contributed by atoms with Crippen molar-refractivity contribution in [3.05, 3.63) is 40.2 Å². The first kappa shape index (κ1) is 17.6. The number of hydrogen-bond acceptors (Lipinski definition) is 6. The van der Waals surface area contributed by atoms with Crippen molar-refractivity contribution in [1.82, 2.24) is 24.1 Å². The van der Waals surface area contributed by atoms with Crippen molar-refractivity contribution in [2.45, 2.75) is 44.4 Å². The smallest absolute Gasteiger partial charge is 0.207 e. The van der Waals surface area contributed by atoms with Crippen molar-refractivity contribution in [3.8, 4) is 0 Å². The highest BCUT2D eigenvalue weighted by atomic mass is 32.2. The van der Waals surface area contributed by atoms with E-state index in [2.05, 4.69) is 15.3 Å². The van der Waals surface area contributed by atoms with E-state index in [0.717, 1.165) is 39.8 Å². The molecule has 3 aromatic rings. The lowest BCUT2D eigenvalue weighted by atomic mass is 9.99. The first-order valence-electron chi connectivity index (χ1n) is 8.62. The van der Waals surface area contributed by atoms with Gasteiger partial charge in [0.15, 0.2) is 5.82 Å². The third-order valence-electron chi connectivity index (χ3n) is 4.91. The largest absolute Gasteiger partial charge is 0.243 e. The Labute approximate surface area is 156 Å². The molecule has 1 aromatic carbocycles. The van der Waals surface area contributed by atoms with Crippen LogP contribution in [0, 0.1) is 20.8 Å². The van der Waals surface area contributed by atoms with Crippen LogP contribution in [0.4, 0.5) is 0 Å². The van der Waals surface area contributed by atoms with E-state index in [1.54, 1.807) is 26.2 Å². The van der Waals surface area contributed by atoms with Crippen LogP contribution in [0.15, 0.2) is 23.1 Å². The lowest BCUT2D eigenvalue weighted by Gasteiger charge is -2.30. The zero-order valence-corrected chi connectivity index (χ0v) is 16.6. The molecule has 138 valence electrons. The molecule has 0 radical (unpaired) electrons. The fraction of sp³-hybridized carbons (Fsp3) is 0.471. The molecule has 9 heteroatoms. The van der Waals surface area contributed by atoms with Gasteiger partial charge in [-0.1, -0.05) is 29.0 Å². The molecule has 1 aliphatic rings. The van der Waals surface area contributed by atoms with Gasteiger partial charge in [0, 0.05) is 19.0 Å². The Morgan fingerprint density at radius 3 is 2.50 bits per heavy atom. The number of rotatable bonds is 3. The Hall–Kier alpha value is -1.84. The van der Waals surface area contributed by atoms with Gasteiger partial charge in [-0.05, 0) is 45.2 Å².